The van der Waals surface area contributed by atoms with Gasteiger partial charge in [0.2, 0.25) is 0 Å². The molecule has 0 atom stereocenters. The van der Waals surface area contributed by atoms with Gasteiger partial charge in [-0.15, -0.1) is 0 Å². The van der Waals surface area contributed by atoms with Crippen LogP contribution in [0, 0.1) is 13.8 Å². The Hall–Kier alpha value is -2.36. The summed E-state index contributed by atoms with van der Waals surface area (Å²) in [5.74, 6) is -0.241. The molecule has 2 aromatic rings. The molecule has 0 fully saturated rings. The van der Waals surface area contributed by atoms with Crippen molar-refractivity contribution in [3.8, 4) is 0 Å². The third-order valence-electron chi connectivity index (χ3n) is 2.95. The Labute approximate surface area is 106 Å². The Balaban J connectivity index is 2.27. The van der Waals surface area contributed by atoms with Gasteiger partial charge in [0.05, 0.1) is 5.56 Å². The van der Waals surface area contributed by atoms with Gasteiger partial charge < -0.3 is 11.1 Å². The van der Waals surface area contributed by atoms with E-state index in [0.717, 1.165) is 16.8 Å². The van der Waals surface area contributed by atoms with Crippen molar-refractivity contribution < 1.29 is 4.79 Å². The summed E-state index contributed by atoms with van der Waals surface area (Å²) in [5.41, 5.74) is 9.53. The first-order chi connectivity index (χ1) is 8.59. The number of nitrogen functional groups attached to an aromatic ring is 1. The maximum absolute atomic E-state index is 12.1. The van der Waals surface area contributed by atoms with Gasteiger partial charge >= 0.3 is 0 Å². The summed E-state index contributed by atoms with van der Waals surface area (Å²) in [6.45, 7) is 3.97. The smallest absolute Gasteiger partial charge is 0.259 e. The van der Waals surface area contributed by atoms with Crippen LogP contribution in [0.1, 0.15) is 21.5 Å². The Bertz CT molecular complexity index is 593. The van der Waals surface area contributed by atoms with Gasteiger partial charge in [-0.25, -0.2) is 0 Å². The van der Waals surface area contributed by atoms with E-state index in [0.29, 0.717) is 11.3 Å². The average molecular weight is 241 g/mol. The molecule has 4 nitrogen and oxygen atoms in total. The molecule has 0 saturated carbocycles. The summed E-state index contributed by atoms with van der Waals surface area (Å²) >= 11 is 0. The molecule has 0 saturated heterocycles. The lowest BCUT2D eigenvalue weighted by molar-refractivity contribution is 0.102. The molecule has 0 aliphatic rings. The quantitative estimate of drug-likeness (QED) is 0.849. The molecule has 0 aliphatic carbocycles. The standard InChI is InChI=1S/C14H15N3O/c1-9-4-3-5-13(10(9)2)17-14(18)11-8-16-7-6-12(11)15/h3-8H,1-2H3,(H2,15,16)(H,17,18). The fourth-order valence-electron chi connectivity index (χ4n) is 1.67. The zero-order valence-electron chi connectivity index (χ0n) is 10.4. The van der Waals surface area contributed by atoms with Crippen molar-refractivity contribution >= 4 is 17.3 Å². The number of nitrogens with one attached hydrogen (secondary N) is 1. The van der Waals surface area contributed by atoms with Crippen LogP contribution in [-0.4, -0.2) is 10.9 Å². The molecule has 18 heavy (non-hydrogen) atoms. The number of carbonyl (C=O) groups excluding carboxylic acids is 1. The molecule has 0 radical (unpaired) electrons. The van der Waals surface area contributed by atoms with E-state index in [1.54, 1.807) is 12.3 Å². The number of nitrogens with two attached hydrogens (primary N) is 1. The fraction of sp³-hybridized carbons (Fsp3) is 0.143. The number of pyridine rings is 1. The van der Waals surface area contributed by atoms with E-state index in [1.807, 2.05) is 32.0 Å². The van der Waals surface area contributed by atoms with Crippen LogP contribution in [-0.2, 0) is 0 Å². The van der Waals surface area contributed by atoms with Gasteiger partial charge in [0, 0.05) is 23.8 Å². The number of rotatable bonds is 2. The zero-order chi connectivity index (χ0) is 13.1. The van der Waals surface area contributed by atoms with Crippen molar-refractivity contribution in [3.63, 3.8) is 0 Å². The van der Waals surface area contributed by atoms with Crippen molar-refractivity contribution in [2.75, 3.05) is 11.1 Å². The fourth-order valence-corrected chi connectivity index (χ4v) is 1.67. The van der Waals surface area contributed by atoms with E-state index in [4.69, 9.17) is 5.73 Å². The van der Waals surface area contributed by atoms with Gasteiger partial charge in [-0.1, -0.05) is 12.1 Å². The normalized spacial score (nSPS) is 10.1. The van der Waals surface area contributed by atoms with E-state index in [1.165, 1.54) is 6.20 Å². The van der Waals surface area contributed by atoms with Gasteiger partial charge in [-0.3, -0.25) is 9.78 Å². The second-order valence-corrected chi connectivity index (χ2v) is 4.16. The largest absolute Gasteiger partial charge is 0.398 e. The first-order valence-electron chi connectivity index (χ1n) is 5.66. The van der Waals surface area contributed by atoms with Crippen LogP contribution in [0.15, 0.2) is 36.7 Å². The first kappa shape index (κ1) is 12.1. The molecule has 92 valence electrons. The maximum Gasteiger partial charge on any atom is 0.259 e. The van der Waals surface area contributed by atoms with Crippen LogP contribution in [0.3, 0.4) is 0 Å². The Morgan fingerprint density at radius 1 is 1.28 bits per heavy atom. The molecular weight excluding hydrogens is 226 g/mol. The van der Waals surface area contributed by atoms with E-state index in [9.17, 15) is 4.79 Å². The highest BCUT2D eigenvalue weighted by Crippen LogP contribution is 2.19. The van der Waals surface area contributed by atoms with Crippen LogP contribution in [0.5, 0.6) is 0 Å². The Morgan fingerprint density at radius 3 is 2.78 bits per heavy atom. The number of aromatic nitrogens is 1. The minimum atomic E-state index is -0.241. The summed E-state index contributed by atoms with van der Waals surface area (Å²) in [6, 6.07) is 7.39. The molecule has 4 heteroatoms. The highest BCUT2D eigenvalue weighted by molar-refractivity contribution is 6.07. The summed E-state index contributed by atoms with van der Waals surface area (Å²) in [4.78, 5) is 16.0. The number of benzene rings is 1. The van der Waals surface area contributed by atoms with Gasteiger partial charge in [0.25, 0.3) is 5.91 Å². The Morgan fingerprint density at radius 2 is 2.06 bits per heavy atom. The van der Waals surface area contributed by atoms with Crippen molar-refractivity contribution in [2.24, 2.45) is 0 Å². The SMILES string of the molecule is Cc1cccc(NC(=O)c2cnccc2N)c1C. The van der Waals surface area contributed by atoms with E-state index >= 15 is 0 Å². The summed E-state index contributed by atoms with van der Waals surface area (Å²) in [7, 11) is 0. The lowest BCUT2D eigenvalue weighted by atomic mass is 10.1. The monoisotopic (exact) mass is 241 g/mol. The first-order valence-corrected chi connectivity index (χ1v) is 5.66. The third kappa shape index (κ3) is 2.32. The maximum atomic E-state index is 12.1. The van der Waals surface area contributed by atoms with Gasteiger partial charge in [0.1, 0.15) is 0 Å². The predicted octanol–water partition coefficient (Wildman–Crippen LogP) is 2.53. The van der Waals surface area contributed by atoms with Crippen molar-refractivity contribution in [3.05, 3.63) is 53.3 Å². The average Bonchev–Trinajstić information content (AvgIpc) is 2.35. The van der Waals surface area contributed by atoms with Gasteiger partial charge in [-0.2, -0.15) is 0 Å². The number of anilines is 2. The summed E-state index contributed by atoms with van der Waals surface area (Å²) in [6.07, 6.45) is 3.03. The molecule has 1 heterocycles. The lowest BCUT2D eigenvalue weighted by Gasteiger charge is -2.11. The topological polar surface area (TPSA) is 68.0 Å². The van der Waals surface area contributed by atoms with Crippen LogP contribution in [0.4, 0.5) is 11.4 Å². The van der Waals surface area contributed by atoms with E-state index in [2.05, 4.69) is 10.3 Å². The highest BCUT2D eigenvalue weighted by atomic mass is 16.1. The number of aryl methyl sites for hydroxylation is 1. The lowest BCUT2D eigenvalue weighted by Crippen LogP contribution is -2.15. The highest BCUT2D eigenvalue weighted by Gasteiger charge is 2.11. The second kappa shape index (κ2) is 4.87. The van der Waals surface area contributed by atoms with Crippen LogP contribution in [0.2, 0.25) is 0 Å². The van der Waals surface area contributed by atoms with Crippen molar-refractivity contribution in [1.29, 1.82) is 0 Å². The van der Waals surface area contributed by atoms with Gasteiger partial charge in [0.15, 0.2) is 0 Å². The molecular formula is C14H15N3O. The summed E-state index contributed by atoms with van der Waals surface area (Å²) < 4.78 is 0. The minimum Gasteiger partial charge on any atom is -0.398 e. The molecule has 2 rings (SSSR count). The number of carbonyl (C=O) groups is 1. The number of hydrogen-bond donors (Lipinski definition) is 2. The van der Waals surface area contributed by atoms with Crippen LogP contribution < -0.4 is 11.1 Å². The molecule has 3 N–H and O–H groups in total. The third-order valence-corrected chi connectivity index (χ3v) is 2.95. The number of nitrogens with zero attached hydrogens (tertiary/aromatic N) is 1. The van der Waals surface area contributed by atoms with Crippen LogP contribution in [0.25, 0.3) is 0 Å². The van der Waals surface area contributed by atoms with E-state index < -0.39 is 0 Å². The zero-order valence-corrected chi connectivity index (χ0v) is 10.4. The minimum absolute atomic E-state index is 0.241. The Kier molecular flexibility index (Phi) is 3.28. The second-order valence-electron chi connectivity index (χ2n) is 4.16. The van der Waals surface area contributed by atoms with Gasteiger partial charge in [-0.05, 0) is 37.1 Å². The van der Waals surface area contributed by atoms with Crippen molar-refractivity contribution in [2.45, 2.75) is 13.8 Å². The molecule has 0 spiro atoms. The molecule has 1 amide bonds. The molecule has 1 aromatic carbocycles. The number of hydrogen-bond acceptors (Lipinski definition) is 3. The molecule has 1 aromatic heterocycles. The molecule has 0 bridgehead atoms. The van der Waals surface area contributed by atoms with Crippen LogP contribution >= 0.6 is 0 Å². The summed E-state index contributed by atoms with van der Waals surface area (Å²) in [5, 5.41) is 2.85. The molecule has 0 aliphatic heterocycles. The van der Waals surface area contributed by atoms with Crippen molar-refractivity contribution in [1.82, 2.24) is 4.98 Å². The van der Waals surface area contributed by atoms with E-state index in [-0.39, 0.29) is 5.91 Å². The number of amides is 1. The predicted molar refractivity (Wildman–Crippen MR) is 72.5 cm³/mol. The molecule has 0 unspecified atom stereocenters.